The number of carbonyl (C=O) groups is 3. The summed E-state index contributed by atoms with van der Waals surface area (Å²) in [5.74, 6) is -1.49. The van der Waals surface area contributed by atoms with Crippen molar-refractivity contribution in [3.63, 3.8) is 0 Å². The van der Waals surface area contributed by atoms with Gasteiger partial charge < -0.3 is 20.6 Å². The van der Waals surface area contributed by atoms with E-state index in [1.807, 2.05) is 0 Å². The van der Waals surface area contributed by atoms with E-state index in [1.54, 1.807) is 25.8 Å². The third-order valence-corrected chi connectivity index (χ3v) is 3.57. The summed E-state index contributed by atoms with van der Waals surface area (Å²) in [6, 6.07) is -0.468. The van der Waals surface area contributed by atoms with Crippen molar-refractivity contribution < 1.29 is 19.5 Å². The Balaban J connectivity index is 2.36. The Kier molecular flexibility index (Phi) is 5.79. The molecular weight excluding hydrogens is 262 g/mol. The highest BCUT2D eigenvalue weighted by atomic mass is 16.4. The predicted molar refractivity (Wildman–Crippen MR) is 73.2 cm³/mol. The first-order valence-electron chi connectivity index (χ1n) is 6.82. The third-order valence-electron chi connectivity index (χ3n) is 3.57. The molecule has 1 rings (SSSR count). The lowest BCUT2D eigenvalue weighted by Crippen LogP contribution is -2.52. The number of hydrogen-bond acceptors (Lipinski definition) is 3. The molecule has 0 radical (unpaired) electrons. The second kappa shape index (κ2) is 7.12. The third kappa shape index (κ3) is 4.71. The second-order valence-corrected chi connectivity index (χ2v) is 5.55. The molecule has 114 valence electrons. The number of carboxylic acid groups (broad SMARTS) is 1. The molecule has 0 saturated carbocycles. The SMILES string of the molecule is CC(C)C(CNC(=O)NC1CCC(=O)N(C)C1)C(=O)O. The van der Waals surface area contributed by atoms with Gasteiger partial charge in [-0.3, -0.25) is 9.59 Å². The zero-order chi connectivity index (χ0) is 15.3. The van der Waals surface area contributed by atoms with Crippen molar-refractivity contribution in [2.24, 2.45) is 11.8 Å². The van der Waals surface area contributed by atoms with E-state index in [0.29, 0.717) is 19.4 Å². The smallest absolute Gasteiger partial charge is 0.315 e. The molecule has 2 unspecified atom stereocenters. The topological polar surface area (TPSA) is 98.7 Å². The number of piperidine rings is 1. The monoisotopic (exact) mass is 285 g/mol. The Morgan fingerprint density at radius 1 is 1.45 bits per heavy atom. The number of hydrogen-bond donors (Lipinski definition) is 3. The number of carbonyl (C=O) groups excluding carboxylic acids is 2. The van der Waals surface area contributed by atoms with E-state index in [4.69, 9.17) is 5.11 Å². The maximum atomic E-state index is 11.7. The van der Waals surface area contributed by atoms with Crippen LogP contribution in [-0.2, 0) is 9.59 Å². The number of aliphatic carboxylic acids is 1. The lowest BCUT2D eigenvalue weighted by molar-refractivity contribution is -0.143. The maximum Gasteiger partial charge on any atom is 0.315 e. The summed E-state index contributed by atoms with van der Waals surface area (Å²) in [5, 5.41) is 14.4. The van der Waals surface area contributed by atoms with Crippen molar-refractivity contribution in [3.8, 4) is 0 Å². The molecule has 1 saturated heterocycles. The van der Waals surface area contributed by atoms with Gasteiger partial charge >= 0.3 is 12.0 Å². The molecule has 0 aromatic rings. The number of likely N-dealkylation sites (N-methyl/N-ethyl adjacent to an activating group) is 1. The van der Waals surface area contributed by atoms with E-state index >= 15 is 0 Å². The fourth-order valence-electron chi connectivity index (χ4n) is 2.18. The van der Waals surface area contributed by atoms with Crippen molar-refractivity contribution in [1.82, 2.24) is 15.5 Å². The fourth-order valence-corrected chi connectivity index (χ4v) is 2.18. The van der Waals surface area contributed by atoms with Crippen LogP contribution in [0.5, 0.6) is 0 Å². The number of rotatable bonds is 5. The van der Waals surface area contributed by atoms with Crippen LogP contribution in [0.2, 0.25) is 0 Å². The lowest BCUT2D eigenvalue weighted by atomic mass is 9.96. The van der Waals surface area contributed by atoms with Gasteiger partial charge in [0.2, 0.25) is 5.91 Å². The zero-order valence-electron chi connectivity index (χ0n) is 12.2. The minimum atomic E-state index is -0.914. The Labute approximate surface area is 118 Å². The molecule has 7 heteroatoms. The first-order chi connectivity index (χ1) is 9.31. The van der Waals surface area contributed by atoms with Gasteiger partial charge in [0, 0.05) is 32.6 Å². The van der Waals surface area contributed by atoms with Gasteiger partial charge in [-0.2, -0.15) is 0 Å². The van der Waals surface area contributed by atoms with E-state index < -0.39 is 11.9 Å². The summed E-state index contributed by atoms with van der Waals surface area (Å²) in [4.78, 5) is 35.6. The highest BCUT2D eigenvalue weighted by Crippen LogP contribution is 2.11. The first-order valence-corrected chi connectivity index (χ1v) is 6.82. The van der Waals surface area contributed by atoms with E-state index in [1.165, 1.54) is 0 Å². The number of nitrogens with one attached hydrogen (secondary N) is 2. The second-order valence-electron chi connectivity index (χ2n) is 5.55. The van der Waals surface area contributed by atoms with Gasteiger partial charge in [0.1, 0.15) is 0 Å². The van der Waals surface area contributed by atoms with E-state index in [0.717, 1.165) is 0 Å². The Hall–Kier alpha value is -1.79. The summed E-state index contributed by atoms with van der Waals surface area (Å²) in [6.45, 7) is 4.19. The zero-order valence-corrected chi connectivity index (χ0v) is 12.2. The number of amides is 3. The summed E-state index contributed by atoms with van der Waals surface area (Å²) in [6.07, 6.45) is 1.04. The van der Waals surface area contributed by atoms with Gasteiger partial charge in [-0.1, -0.05) is 13.8 Å². The van der Waals surface area contributed by atoms with Crippen molar-refractivity contribution >= 4 is 17.9 Å². The summed E-state index contributed by atoms with van der Waals surface area (Å²) in [7, 11) is 1.70. The van der Waals surface area contributed by atoms with Gasteiger partial charge in [-0.15, -0.1) is 0 Å². The lowest BCUT2D eigenvalue weighted by Gasteiger charge is -2.30. The van der Waals surface area contributed by atoms with Crippen molar-refractivity contribution in [3.05, 3.63) is 0 Å². The minimum absolute atomic E-state index is 0.0498. The van der Waals surface area contributed by atoms with Gasteiger partial charge in [0.25, 0.3) is 0 Å². The summed E-state index contributed by atoms with van der Waals surface area (Å²) < 4.78 is 0. The van der Waals surface area contributed by atoms with Crippen LogP contribution in [0, 0.1) is 11.8 Å². The van der Waals surface area contributed by atoms with E-state index in [2.05, 4.69) is 10.6 Å². The van der Waals surface area contributed by atoms with Crippen LogP contribution in [0.3, 0.4) is 0 Å². The molecule has 0 aromatic heterocycles. The van der Waals surface area contributed by atoms with Crippen molar-refractivity contribution in [2.75, 3.05) is 20.1 Å². The van der Waals surface area contributed by atoms with Crippen molar-refractivity contribution in [1.29, 1.82) is 0 Å². The normalized spacial score (nSPS) is 20.7. The quantitative estimate of drug-likeness (QED) is 0.675. The van der Waals surface area contributed by atoms with Crippen LogP contribution in [0.4, 0.5) is 4.79 Å². The highest BCUT2D eigenvalue weighted by Gasteiger charge is 2.25. The summed E-state index contributed by atoms with van der Waals surface area (Å²) >= 11 is 0. The molecule has 1 aliphatic heterocycles. The van der Waals surface area contributed by atoms with Gasteiger partial charge in [-0.05, 0) is 12.3 Å². The average molecular weight is 285 g/mol. The minimum Gasteiger partial charge on any atom is -0.481 e. The maximum absolute atomic E-state index is 11.7. The fraction of sp³-hybridized carbons (Fsp3) is 0.769. The summed E-state index contributed by atoms with van der Waals surface area (Å²) in [5.41, 5.74) is 0. The standard InChI is InChI=1S/C13H23N3O4/c1-8(2)10(12(18)19)6-14-13(20)15-9-4-5-11(17)16(3)7-9/h8-10H,4-7H2,1-3H3,(H,18,19)(H2,14,15,20). The van der Waals surface area contributed by atoms with Gasteiger partial charge in [-0.25, -0.2) is 4.79 Å². The largest absolute Gasteiger partial charge is 0.481 e. The van der Waals surface area contributed by atoms with Gasteiger partial charge in [0.05, 0.1) is 5.92 Å². The van der Waals surface area contributed by atoms with Crippen LogP contribution >= 0.6 is 0 Å². The number of nitrogens with zero attached hydrogens (tertiary/aromatic N) is 1. The number of urea groups is 1. The molecule has 0 aliphatic carbocycles. The van der Waals surface area contributed by atoms with Crippen molar-refractivity contribution in [2.45, 2.75) is 32.7 Å². The molecule has 3 amide bonds. The highest BCUT2D eigenvalue weighted by molar-refractivity contribution is 5.78. The molecule has 3 N–H and O–H groups in total. The van der Waals surface area contributed by atoms with Crippen LogP contribution in [0.25, 0.3) is 0 Å². The van der Waals surface area contributed by atoms with E-state index in [-0.39, 0.29) is 30.4 Å². The Bertz CT molecular complexity index is 384. The average Bonchev–Trinajstić information content (AvgIpc) is 2.33. The Morgan fingerprint density at radius 3 is 2.60 bits per heavy atom. The van der Waals surface area contributed by atoms with Crippen LogP contribution in [-0.4, -0.2) is 54.1 Å². The van der Waals surface area contributed by atoms with E-state index in [9.17, 15) is 14.4 Å². The van der Waals surface area contributed by atoms with Crippen LogP contribution in [0.15, 0.2) is 0 Å². The molecule has 2 atom stereocenters. The molecule has 1 fully saturated rings. The van der Waals surface area contributed by atoms with Crippen LogP contribution < -0.4 is 10.6 Å². The molecular formula is C13H23N3O4. The number of carboxylic acids is 1. The molecule has 0 spiro atoms. The first kappa shape index (κ1) is 16.3. The predicted octanol–water partition coefficient (Wildman–Crippen LogP) is 0.263. The van der Waals surface area contributed by atoms with Gasteiger partial charge in [0.15, 0.2) is 0 Å². The number of likely N-dealkylation sites (tertiary alicyclic amines) is 1. The molecule has 1 aliphatic rings. The Morgan fingerprint density at radius 2 is 2.10 bits per heavy atom. The molecule has 0 bridgehead atoms. The van der Waals surface area contributed by atoms with Crippen LogP contribution in [0.1, 0.15) is 26.7 Å². The molecule has 20 heavy (non-hydrogen) atoms. The molecule has 7 nitrogen and oxygen atoms in total. The molecule has 1 heterocycles. The molecule has 0 aromatic carbocycles.